The number of hydrogen-bond donors (Lipinski definition) is 0. The number of benzene rings is 3. The number of fused-ring (bicyclic) bond motifs is 1. The number of halogens is 4. The van der Waals surface area contributed by atoms with E-state index >= 15 is 0 Å². The van der Waals surface area contributed by atoms with Crippen molar-refractivity contribution in [2.24, 2.45) is 0 Å². The second kappa shape index (κ2) is 8.71. The van der Waals surface area contributed by atoms with Crippen LogP contribution in [-0.2, 0) is 6.42 Å². The highest BCUT2D eigenvalue weighted by molar-refractivity contribution is 7.22. The highest BCUT2D eigenvalue weighted by Gasteiger charge is 2.20. The lowest BCUT2D eigenvalue weighted by atomic mass is 9.99. The van der Waals surface area contributed by atoms with Gasteiger partial charge in [-0.3, -0.25) is 0 Å². The summed E-state index contributed by atoms with van der Waals surface area (Å²) in [4.78, 5) is 0.379. The Bertz CT molecular complexity index is 1260. The van der Waals surface area contributed by atoms with Crippen LogP contribution in [0.2, 0.25) is 0 Å². The largest absolute Gasteiger partial charge is 0.491 e. The Morgan fingerprint density at radius 1 is 0.774 bits per heavy atom. The third-order valence-corrected chi connectivity index (χ3v) is 6.28. The third kappa shape index (κ3) is 3.92. The molecular formula is C25H20F4OS. The minimum absolute atomic E-state index is 0.00261. The molecule has 0 spiro atoms. The molecule has 0 aliphatic heterocycles. The van der Waals surface area contributed by atoms with E-state index in [1.807, 2.05) is 6.92 Å². The van der Waals surface area contributed by atoms with Crippen molar-refractivity contribution in [2.45, 2.75) is 26.7 Å². The summed E-state index contributed by atoms with van der Waals surface area (Å²) in [6, 6.07) is 12.1. The minimum atomic E-state index is -1.13. The first-order chi connectivity index (χ1) is 14.9. The minimum Gasteiger partial charge on any atom is -0.491 e. The molecule has 0 radical (unpaired) electrons. The summed E-state index contributed by atoms with van der Waals surface area (Å²) in [6.07, 6.45) is 1.57. The summed E-state index contributed by atoms with van der Waals surface area (Å²) in [6.45, 7) is 4.05. The van der Waals surface area contributed by atoms with Gasteiger partial charge < -0.3 is 4.74 Å². The van der Waals surface area contributed by atoms with Crippen molar-refractivity contribution in [2.75, 3.05) is 6.61 Å². The molecule has 1 nitrogen and oxygen atoms in total. The van der Waals surface area contributed by atoms with E-state index in [1.165, 1.54) is 30.3 Å². The van der Waals surface area contributed by atoms with E-state index in [4.69, 9.17) is 4.74 Å². The molecule has 0 N–H and O–H groups in total. The maximum atomic E-state index is 15.0. The summed E-state index contributed by atoms with van der Waals surface area (Å²) < 4.78 is 64.7. The monoisotopic (exact) mass is 444 g/mol. The van der Waals surface area contributed by atoms with Gasteiger partial charge in [-0.05, 0) is 54.6 Å². The van der Waals surface area contributed by atoms with Crippen LogP contribution in [0.5, 0.6) is 5.75 Å². The summed E-state index contributed by atoms with van der Waals surface area (Å²) in [5.74, 6) is -3.22. The molecule has 4 rings (SSSR count). The molecule has 0 unspecified atom stereocenters. The van der Waals surface area contributed by atoms with Crippen LogP contribution in [-0.4, -0.2) is 6.61 Å². The van der Waals surface area contributed by atoms with Gasteiger partial charge in [0, 0.05) is 21.6 Å². The van der Waals surface area contributed by atoms with Crippen LogP contribution >= 0.6 is 11.3 Å². The summed E-state index contributed by atoms with van der Waals surface area (Å²) in [7, 11) is 0. The van der Waals surface area contributed by atoms with Crippen molar-refractivity contribution >= 4 is 21.4 Å². The smallest absolute Gasteiger partial charge is 0.182 e. The van der Waals surface area contributed by atoms with E-state index in [1.54, 1.807) is 25.1 Å². The van der Waals surface area contributed by atoms with Crippen LogP contribution in [0.25, 0.3) is 31.7 Å². The summed E-state index contributed by atoms with van der Waals surface area (Å²) in [5, 5.41) is 0.572. The fourth-order valence-corrected chi connectivity index (χ4v) is 4.73. The van der Waals surface area contributed by atoms with E-state index in [0.29, 0.717) is 28.0 Å². The first-order valence-electron chi connectivity index (χ1n) is 10.1. The molecule has 0 saturated heterocycles. The van der Waals surface area contributed by atoms with Crippen molar-refractivity contribution in [1.29, 1.82) is 0 Å². The molecule has 1 heterocycles. The lowest BCUT2D eigenvalue weighted by Crippen LogP contribution is -1.96. The van der Waals surface area contributed by atoms with Crippen molar-refractivity contribution < 1.29 is 22.3 Å². The zero-order valence-corrected chi connectivity index (χ0v) is 17.9. The van der Waals surface area contributed by atoms with E-state index in [9.17, 15) is 17.6 Å². The van der Waals surface area contributed by atoms with Gasteiger partial charge in [-0.15, -0.1) is 11.3 Å². The van der Waals surface area contributed by atoms with E-state index in [-0.39, 0.29) is 22.4 Å². The Kier molecular flexibility index (Phi) is 6.01. The Labute approximate surface area is 181 Å². The fourth-order valence-electron chi connectivity index (χ4n) is 3.62. The average Bonchev–Trinajstić information content (AvgIpc) is 3.18. The number of thiophene rings is 1. The molecule has 4 aromatic rings. The van der Waals surface area contributed by atoms with Crippen LogP contribution < -0.4 is 4.74 Å². The standard InChI is InChI=1S/C25H20F4OS/c1-3-5-14-6-8-16(19(26)12-14)17-9-10-18(23(28)22(17)27)21-13-15-7-11-20(30-4-2)24(29)25(15)31-21/h6-13H,3-5H2,1-2H3. The van der Waals surface area contributed by atoms with Crippen LogP contribution in [0.15, 0.2) is 48.5 Å². The maximum absolute atomic E-state index is 15.0. The normalized spacial score (nSPS) is 11.3. The fraction of sp³-hybridized carbons (Fsp3) is 0.200. The van der Waals surface area contributed by atoms with E-state index in [2.05, 4.69) is 0 Å². The van der Waals surface area contributed by atoms with E-state index in [0.717, 1.165) is 23.3 Å². The Morgan fingerprint density at radius 3 is 2.19 bits per heavy atom. The quantitative estimate of drug-likeness (QED) is 0.273. The van der Waals surface area contributed by atoms with Crippen LogP contribution in [0.4, 0.5) is 17.6 Å². The van der Waals surface area contributed by atoms with Gasteiger partial charge in [-0.2, -0.15) is 0 Å². The number of hydrogen-bond acceptors (Lipinski definition) is 2. The number of rotatable bonds is 6. The Morgan fingerprint density at radius 2 is 1.48 bits per heavy atom. The molecule has 0 fully saturated rings. The van der Waals surface area contributed by atoms with Gasteiger partial charge in [0.25, 0.3) is 0 Å². The van der Waals surface area contributed by atoms with Gasteiger partial charge in [-0.1, -0.05) is 31.5 Å². The molecule has 6 heteroatoms. The molecular weight excluding hydrogens is 424 g/mol. The molecule has 0 bridgehead atoms. The zero-order chi connectivity index (χ0) is 22.1. The first-order valence-corrected chi connectivity index (χ1v) is 10.9. The molecule has 0 amide bonds. The van der Waals surface area contributed by atoms with Crippen molar-refractivity contribution in [3.63, 3.8) is 0 Å². The Balaban J connectivity index is 1.77. The second-order valence-electron chi connectivity index (χ2n) is 7.19. The molecule has 0 aliphatic rings. The lowest BCUT2D eigenvalue weighted by molar-refractivity contribution is 0.323. The van der Waals surface area contributed by atoms with Gasteiger partial charge in [0.15, 0.2) is 23.2 Å². The van der Waals surface area contributed by atoms with Crippen molar-refractivity contribution in [1.82, 2.24) is 0 Å². The summed E-state index contributed by atoms with van der Waals surface area (Å²) in [5.41, 5.74) is 0.669. The molecule has 0 atom stereocenters. The summed E-state index contributed by atoms with van der Waals surface area (Å²) >= 11 is 1.02. The molecule has 31 heavy (non-hydrogen) atoms. The van der Waals surface area contributed by atoms with Gasteiger partial charge in [0.1, 0.15) is 5.82 Å². The zero-order valence-electron chi connectivity index (χ0n) is 17.1. The highest BCUT2D eigenvalue weighted by atomic mass is 32.1. The maximum Gasteiger partial charge on any atom is 0.182 e. The predicted molar refractivity (Wildman–Crippen MR) is 118 cm³/mol. The van der Waals surface area contributed by atoms with Crippen LogP contribution in [0.1, 0.15) is 25.8 Å². The van der Waals surface area contributed by atoms with Gasteiger partial charge in [0.05, 0.1) is 11.3 Å². The first kappa shape index (κ1) is 21.4. The molecule has 0 aliphatic carbocycles. The Hall–Kier alpha value is -2.86. The molecule has 1 aromatic heterocycles. The van der Waals surface area contributed by atoms with Crippen molar-refractivity contribution in [3.05, 3.63) is 77.4 Å². The van der Waals surface area contributed by atoms with Gasteiger partial charge >= 0.3 is 0 Å². The second-order valence-corrected chi connectivity index (χ2v) is 8.24. The average molecular weight is 444 g/mol. The van der Waals surface area contributed by atoms with Crippen LogP contribution in [0, 0.1) is 23.3 Å². The number of aryl methyl sites for hydroxylation is 1. The molecule has 0 saturated carbocycles. The third-order valence-electron chi connectivity index (χ3n) is 5.10. The van der Waals surface area contributed by atoms with Gasteiger partial charge in [0.2, 0.25) is 0 Å². The molecule has 3 aromatic carbocycles. The molecule has 160 valence electrons. The topological polar surface area (TPSA) is 9.23 Å². The SMILES string of the molecule is CCCc1ccc(-c2ccc(-c3cc4ccc(OCC)c(F)c4s3)c(F)c2F)c(F)c1. The lowest BCUT2D eigenvalue weighted by Gasteiger charge is -2.10. The van der Waals surface area contributed by atoms with Gasteiger partial charge in [-0.25, -0.2) is 17.6 Å². The van der Waals surface area contributed by atoms with Crippen molar-refractivity contribution in [3.8, 4) is 27.3 Å². The van der Waals surface area contributed by atoms with Crippen LogP contribution in [0.3, 0.4) is 0 Å². The van der Waals surface area contributed by atoms with E-state index < -0.39 is 23.3 Å². The number of ether oxygens (including phenoxy) is 1. The highest BCUT2D eigenvalue weighted by Crippen LogP contribution is 2.40. The predicted octanol–water partition coefficient (Wildman–Crippen LogP) is 8.14.